The zero-order valence-corrected chi connectivity index (χ0v) is 15.4. The first kappa shape index (κ1) is 18.2. The molecule has 1 fully saturated rings. The molecule has 11 nitrogen and oxygen atoms in total. The molecule has 1 aliphatic heterocycles. The van der Waals surface area contributed by atoms with Crippen LogP contribution in [0.15, 0.2) is 29.0 Å². The van der Waals surface area contributed by atoms with Gasteiger partial charge in [-0.25, -0.2) is 0 Å². The van der Waals surface area contributed by atoms with Crippen LogP contribution in [0.4, 0.5) is 0 Å². The van der Waals surface area contributed by atoms with Crippen LogP contribution in [0.2, 0.25) is 0 Å². The van der Waals surface area contributed by atoms with Crippen molar-refractivity contribution in [1.29, 1.82) is 0 Å². The van der Waals surface area contributed by atoms with E-state index in [2.05, 4.69) is 30.5 Å². The van der Waals surface area contributed by atoms with Crippen molar-refractivity contribution in [3.05, 3.63) is 36.2 Å². The van der Waals surface area contributed by atoms with Crippen molar-refractivity contribution in [2.75, 3.05) is 19.7 Å². The van der Waals surface area contributed by atoms with Crippen LogP contribution < -0.4 is 0 Å². The predicted molar refractivity (Wildman–Crippen MR) is 94.5 cm³/mol. The largest absolute Gasteiger partial charge is 0.366 e. The molecule has 0 bridgehead atoms. The lowest BCUT2D eigenvalue weighted by atomic mass is 10.2. The fraction of sp³-hybridized carbons (Fsp3) is 0.471. The van der Waals surface area contributed by atoms with E-state index in [0.29, 0.717) is 56.5 Å². The Labute approximate surface area is 160 Å². The van der Waals surface area contributed by atoms with Crippen LogP contribution in [-0.4, -0.2) is 65.8 Å². The maximum Gasteiger partial charge on any atom is 0.226 e. The summed E-state index contributed by atoms with van der Waals surface area (Å²) in [7, 11) is 1.69. The summed E-state index contributed by atoms with van der Waals surface area (Å²) >= 11 is 0. The van der Waals surface area contributed by atoms with E-state index in [1.165, 1.54) is 4.80 Å². The number of morpholine rings is 1. The van der Waals surface area contributed by atoms with Gasteiger partial charge in [-0.2, -0.15) is 9.78 Å². The highest BCUT2D eigenvalue weighted by atomic mass is 16.5. The smallest absolute Gasteiger partial charge is 0.226 e. The lowest BCUT2D eigenvalue weighted by Gasteiger charge is -2.31. The van der Waals surface area contributed by atoms with Crippen molar-refractivity contribution in [3.63, 3.8) is 0 Å². The molecule has 0 aromatic carbocycles. The van der Waals surface area contributed by atoms with Gasteiger partial charge in [0, 0.05) is 37.3 Å². The van der Waals surface area contributed by atoms with Gasteiger partial charge in [0.2, 0.25) is 23.4 Å². The molecule has 11 heteroatoms. The summed E-state index contributed by atoms with van der Waals surface area (Å²) in [6.07, 6.45) is 4.58. The second kappa shape index (κ2) is 8.21. The number of rotatable bonds is 6. The molecular weight excluding hydrogens is 364 g/mol. The highest BCUT2D eigenvalue weighted by molar-refractivity contribution is 5.76. The Bertz CT molecular complexity index is 925. The van der Waals surface area contributed by atoms with Gasteiger partial charge in [0.1, 0.15) is 6.10 Å². The molecule has 3 aromatic rings. The van der Waals surface area contributed by atoms with E-state index in [1.807, 2.05) is 12.1 Å². The number of amides is 1. The standard InChI is InChI=1S/C17H20N8O3/c1-24-21-17(20-23-24)13-11-25(9-10-27-13)15(26)4-2-3-14-19-16(22-28-14)12-5-7-18-8-6-12/h5-8,13H,2-4,9-11H2,1H3. The second-order valence-corrected chi connectivity index (χ2v) is 6.44. The van der Waals surface area contributed by atoms with Crippen LogP contribution in [0.1, 0.15) is 30.7 Å². The first-order valence-corrected chi connectivity index (χ1v) is 9.05. The van der Waals surface area contributed by atoms with E-state index in [9.17, 15) is 4.79 Å². The molecular formula is C17H20N8O3. The number of ether oxygens (including phenoxy) is 1. The number of nitrogens with zero attached hydrogens (tertiary/aromatic N) is 8. The van der Waals surface area contributed by atoms with Crippen LogP contribution in [0.25, 0.3) is 11.4 Å². The Morgan fingerprint density at radius 3 is 2.96 bits per heavy atom. The first-order valence-electron chi connectivity index (χ1n) is 9.05. The van der Waals surface area contributed by atoms with Crippen molar-refractivity contribution < 1.29 is 14.1 Å². The lowest BCUT2D eigenvalue weighted by Crippen LogP contribution is -2.42. The zero-order valence-electron chi connectivity index (χ0n) is 15.4. The summed E-state index contributed by atoms with van der Waals surface area (Å²) in [5.74, 6) is 1.60. The fourth-order valence-corrected chi connectivity index (χ4v) is 2.98. The van der Waals surface area contributed by atoms with Crippen molar-refractivity contribution in [2.24, 2.45) is 7.05 Å². The summed E-state index contributed by atoms with van der Waals surface area (Å²) in [5, 5.41) is 15.9. The quantitative estimate of drug-likeness (QED) is 0.600. The number of tetrazole rings is 1. The van der Waals surface area contributed by atoms with Crippen LogP contribution in [0.3, 0.4) is 0 Å². The van der Waals surface area contributed by atoms with E-state index < -0.39 is 0 Å². The van der Waals surface area contributed by atoms with Gasteiger partial charge in [-0.1, -0.05) is 5.16 Å². The summed E-state index contributed by atoms with van der Waals surface area (Å²) in [5.41, 5.74) is 0.845. The van der Waals surface area contributed by atoms with Crippen molar-refractivity contribution in [2.45, 2.75) is 25.4 Å². The van der Waals surface area contributed by atoms with E-state index in [4.69, 9.17) is 9.26 Å². The van der Waals surface area contributed by atoms with Crippen LogP contribution in [0.5, 0.6) is 0 Å². The molecule has 146 valence electrons. The van der Waals surface area contributed by atoms with Gasteiger partial charge in [-0.15, -0.1) is 10.2 Å². The van der Waals surface area contributed by atoms with Crippen molar-refractivity contribution >= 4 is 5.91 Å². The van der Waals surface area contributed by atoms with Crippen LogP contribution in [0, 0.1) is 0 Å². The maximum absolute atomic E-state index is 12.5. The number of carbonyl (C=O) groups is 1. The lowest BCUT2D eigenvalue weighted by molar-refractivity contribution is -0.139. The minimum Gasteiger partial charge on any atom is -0.366 e. The topological polar surface area (TPSA) is 125 Å². The monoisotopic (exact) mass is 384 g/mol. The van der Waals surface area contributed by atoms with E-state index >= 15 is 0 Å². The molecule has 0 radical (unpaired) electrons. The number of hydrogen-bond acceptors (Lipinski definition) is 9. The number of aromatic nitrogens is 7. The molecule has 0 aliphatic carbocycles. The zero-order chi connectivity index (χ0) is 19.3. The molecule has 1 atom stereocenters. The normalized spacial score (nSPS) is 17.0. The van der Waals surface area contributed by atoms with Crippen LogP contribution in [-0.2, 0) is 23.0 Å². The average molecular weight is 384 g/mol. The molecule has 0 N–H and O–H groups in total. The highest BCUT2D eigenvalue weighted by Gasteiger charge is 2.28. The molecule has 1 amide bonds. The van der Waals surface area contributed by atoms with Crippen molar-refractivity contribution in [3.8, 4) is 11.4 Å². The molecule has 4 rings (SSSR count). The van der Waals surface area contributed by atoms with Gasteiger partial charge in [0.25, 0.3) is 0 Å². The minimum atomic E-state index is -0.342. The Kier molecular flexibility index (Phi) is 5.33. The Morgan fingerprint density at radius 2 is 2.18 bits per heavy atom. The van der Waals surface area contributed by atoms with Gasteiger partial charge < -0.3 is 14.2 Å². The summed E-state index contributed by atoms with van der Waals surface area (Å²) in [6.45, 7) is 1.44. The molecule has 1 unspecified atom stereocenters. The molecule has 0 spiro atoms. The average Bonchev–Trinajstić information content (AvgIpc) is 3.38. The third-order valence-corrected chi connectivity index (χ3v) is 4.42. The molecule has 1 saturated heterocycles. The Hall–Kier alpha value is -3.21. The second-order valence-electron chi connectivity index (χ2n) is 6.44. The van der Waals surface area contributed by atoms with Gasteiger partial charge in [-0.3, -0.25) is 9.78 Å². The molecule has 28 heavy (non-hydrogen) atoms. The van der Waals surface area contributed by atoms with Crippen molar-refractivity contribution in [1.82, 2.24) is 40.2 Å². The van der Waals surface area contributed by atoms with Gasteiger partial charge in [0.15, 0.2) is 0 Å². The maximum atomic E-state index is 12.5. The number of carbonyl (C=O) groups excluding carboxylic acids is 1. The van der Waals surface area contributed by atoms with Crippen LogP contribution >= 0.6 is 0 Å². The third kappa shape index (κ3) is 4.19. The van der Waals surface area contributed by atoms with E-state index in [-0.39, 0.29) is 12.0 Å². The Morgan fingerprint density at radius 1 is 1.32 bits per heavy atom. The first-order chi connectivity index (χ1) is 13.7. The summed E-state index contributed by atoms with van der Waals surface area (Å²) in [4.78, 5) is 24.0. The summed E-state index contributed by atoms with van der Waals surface area (Å²) in [6, 6.07) is 3.64. The van der Waals surface area contributed by atoms with E-state index in [1.54, 1.807) is 24.3 Å². The molecule has 4 heterocycles. The minimum absolute atomic E-state index is 0.0612. The van der Waals surface area contributed by atoms with E-state index in [0.717, 1.165) is 5.56 Å². The SMILES string of the molecule is Cn1nnc(C2CN(C(=O)CCCc3nc(-c4ccncc4)no3)CCO2)n1. The Balaban J connectivity index is 1.27. The van der Waals surface area contributed by atoms with Gasteiger partial charge >= 0.3 is 0 Å². The summed E-state index contributed by atoms with van der Waals surface area (Å²) < 4.78 is 10.9. The number of aryl methyl sites for hydroxylation is 2. The molecule has 1 aliphatic rings. The van der Waals surface area contributed by atoms with Gasteiger partial charge in [-0.05, 0) is 23.8 Å². The highest BCUT2D eigenvalue weighted by Crippen LogP contribution is 2.20. The predicted octanol–water partition coefficient (Wildman–Crippen LogP) is 0.578. The van der Waals surface area contributed by atoms with Gasteiger partial charge in [0.05, 0.1) is 20.2 Å². The number of pyridine rings is 1. The molecule has 0 saturated carbocycles. The third-order valence-electron chi connectivity index (χ3n) is 4.42. The number of hydrogen-bond donors (Lipinski definition) is 0. The fourth-order valence-electron chi connectivity index (χ4n) is 2.98. The molecule has 3 aromatic heterocycles.